The molecule has 1 heterocycles. The van der Waals surface area contributed by atoms with E-state index in [1.807, 2.05) is 0 Å². The predicted molar refractivity (Wildman–Crippen MR) is 71.1 cm³/mol. The number of benzene rings is 1. The van der Waals surface area contributed by atoms with E-state index in [2.05, 4.69) is 20.3 Å². The quantitative estimate of drug-likeness (QED) is 0.793. The number of hydrogen-bond donors (Lipinski definition) is 0. The van der Waals surface area contributed by atoms with Crippen molar-refractivity contribution in [2.24, 2.45) is 0 Å². The number of carbonyl (C=O) groups excluding carboxylic acids is 1. The summed E-state index contributed by atoms with van der Waals surface area (Å²) < 4.78 is 11.1. The highest BCUT2D eigenvalue weighted by Gasteiger charge is 2.13. The third-order valence-corrected chi connectivity index (χ3v) is 2.96. The van der Waals surface area contributed by atoms with Crippen molar-refractivity contribution in [2.45, 2.75) is 13.5 Å². The summed E-state index contributed by atoms with van der Waals surface area (Å²) in [5.41, 5.74) is -0.406. The Labute approximate surface area is 115 Å². The number of rotatable bonds is 3. The summed E-state index contributed by atoms with van der Waals surface area (Å²) in [5, 5.41) is 0.229. The second-order valence-electron chi connectivity index (χ2n) is 3.71. The number of aromatic nitrogens is 1. The maximum absolute atomic E-state index is 11.7. The van der Waals surface area contributed by atoms with Crippen LogP contribution in [0.25, 0.3) is 10.9 Å². The molecule has 0 N–H and O–H groups in total. The van der Waals surface area contributed by atoms with Crippen LogP contribution >= 0.6 is 15.9 Å². The Balaban J connectivity index is 2.65. The second-order valence-corrected chi connectivity index (χ2v) is 4.62. The van der Waals surface area contributed by atoms with Crippen LogP contribution in [0.3, 0.4) is 0 Å². The molecule has 0 saturated heterocycles. The van der Waals surface area contributed by atoms with E-state index >= 15 is 0 Å². The van der Waals surface area contributed by atoms with Crippen molar-refractivity contribution in [3.05, 3.63) is 43.6 Å². The number of fused-ring (bicyclic) bond motifs is 1. The largest absolute Gasteiger partial charge is 0.465 e. The third-order valence-electron chi connectivity index (χ3n) is 2.46. The molecule has 0 saturated carbocycles. The second kappa shape index (κ2) is 5.40. The molecule has 7 heteroatoms. The Morgan fingerprint density at radius 3 is 2.84 bits per heavy atom. The molecule has 0 amide bonds. The zero-order valence-corrected chi connectivity index (χ0v) is 11.6. The molecule has 100 valence electrons. The van der Waals surface area contributed by atoms with Gasteiger partial charge in [-0.1, -0.05) is 15.9 Å². The Morgan fingerprint density at radius 1 is 1.42 bits per heavy atom. The van der Waals surface area contributed by atoms with Crippen LogP contribution in [0, 0.1) is 0 Å². The van der Waals surface area contributed by atoms with Gasteiger partial charge in [0.05, 0.1) is 17.5 Å². The molecule has 2 rings (SSSR count). The first kappa shape index (κ1) is 13.5. The molecule has 0 aliphatic carbocycles. The summed E-state index contributed by atoms with van der Waals surface area (Å²) in [5.74, 6) is -1.46. The molecule has 0 radical (unpaired) electrons. The van der Waals surface area contributed by atoms with Crippen molar-refractivity contribution in [3.8, 4) is 0 Å². The summed E-state index contributed by atoms with van der Waals surface area (Å²) in [6.45, 7) is 1.58. The molecule has 0 aliphatic rings. The summed E-state index contributed by atoms with van der Waals surface area (Å²) in [6.07, 6.45) is 0. The summed E-state index contributed by atoms with van der Waals surface area (Å²) in [7, 11) is 0. The normalized spacial score (nSPS) is 10.6. The van der Waals surface area contributed by atoms with Gasteiger partial charge in [0.1, 0.15) is 6.54 Å². The van der Waals surface area contributed by atoms with E-state index in [4.69, 9.17) is 4.74 Å². The van der Waals surface area contributed by atoms with E-state index in [-0.39, 0.29) is 18.5 Å². The Kier molecular flexibility index (Phi) is 3.84. The molecular formula is C12H10BrNO5. The van der Waals surface area contributed by atoms with Crippen LogP contribution in [0.5, 0.6) is 0 Å². The highest BCUT2D eigenvalue weighted by Crippen LogP contribution is 2.16. The molecule has 0 unspecified atom stereocenters. The van der Waals surface area contributed by atoms with E-state index in [0.717, 1.165) is 4.57 Å². The van der Waals surface area contributed by atoms with Crippen LogP contribution in [-0.4, -0.2) is 17.1 Å². The van der Waals surface area contributed by atoms with Crippen LogP contribution in [-0.2, 0) is 16.1 Å². The summed E-state index contributed by atoms with van der Waals surface area (Å²) in [6, 6.07) is 4.75. The number of carbonyl (C=O) groups is 1. The zero-order valence-electron chi connectivity index (χ0n) is 10.0. The van der Waals surface area contributed by atoms with Gasteiger partial charge < -0.3 is 9.15 Å². The molecular weight excluding hydrogens is 318 g/mol. The van der Waals surface area contributed by atoms with Gasteiger partial charge in [0.25, 0.3) is 0 Å². The first-order chi connectivity index (χ1) is 9.02. The van der Waals surface area contributed by atoms with E-state index in [1.54, 1.807) is 19.1 Å². The first-order valence-electron chi connectivity index (χ1n) is 5.51. The van der Waals surface area contributed by atoms with Gasteiger partial charge in [0, 0.05) is 4.47 Å². The van der Waals surface area contributed by atoms with Crippen LogP contribution in [0.2, 0.25) is 0 Å². The lowest BCUT2D eigenvalue weighted by Gasteiger charge is -2.08. The molecule has 0 aliphatic heterocycles. The summed E-state index contributed by atoms with van der Waals surface area (Å²) in [4.78, 5) is 34.7. The van der Waals surface area contributed by atoms with Crippen molar-refractivity contribution in [3.63, 3.8) is 0 Å². The fourth-order valence-electron chi connectivity index (χ4n) is 1.67. The lowest BCUT2D eigenvalue weighted by molar-refractivity contribution is -0.143. The maximum Gasteiger partial charge on any atom is 0.422 e. The van der Waals surface area contributed by atoms with Crippen molar-refractivity contribution >= 4 is 32.8 Å². The third kappa shape index (κ3) is 2.76. The van der Waals surface area contributed by atoms with E-state index in [0.29, 0.717) is 9.99 Å². The fourth-order valence-corrected chi connectivity index (χ4v) is 2.02. The molecule has 0 fully saturated rings. The SMILES string of the molecule is CCOC(=O)Cn1c(=O)oc(=O)c2ccc(Br)cc21. The number of halogens is 1. The van der Waals surface area contributed by atoms with Crippen molar-refractivity contribution in [1.82, 2.24) is 4.57 Å². The molecule has 0 spiro atoms. The van der Waals surface area contributed by atoms with Crippen molar-refractivity contribution in [1.29, 1.82) is 0 Å². The van der Waals surface area contributed by atoms with Crippen molar-refractivity contribution < 1.29 is 13.9 Å². The molecule has 19 heavy (non-hydrogen) atoms. The number of esters is 1. The van der Waals surface area contributed by atoms with Crippen LogP contribution in [0.15, 0.2) is 36.7 Å². The molecule has 2 aromatic rings. The van der Waals surface area contributed by atoms with Gasteiger partial charge >= 0.3 is 17.4 Å². The monoisotopic (exact) mass is 327 g/mol. The highest BCUT2D eigenvalue weighted by atomic mass is 79.9. The van der Waals surface area contributed by atoms with E-state index in [9.17, 15) is 14.4 Å². The van der Waals surface area contributed by atoms with Crippen molar-refractivity contribution in [2.75, 3.05) is 6.61 Å². The molecule has 1 aromatic carbocycles. The lowest BCUT2D eigenvalue weighted by Crippen LogP contribution is -2.28. The minimum atomic E-state index is -0.886. The average Bonchev–Trinajstić information content (AvgIpc) is 2.34. The maximum atomic E-state index is 11.7. The predicted octanol–water partition coefficient (Wildman–Crippen LogP) is 1.28. The standard InChI is InChI=1S/C12H10BrNO5/c1-2-18-10(15)6-14-9-5-7(13)3-4-8(9)11(16)19-12(14)17/h3-5H,2,6H2,1H3. The Morgan fingerprint density at radius 2 is 2.16 bits per heavy atom. The minimum Gasteiger partial charge on any atom is -0.465 e. The smallest absolute Gasteiger partial charge is 0.422 e. The van der Waals surface area contributed by atoms with Gasteiger partial charge in [-0.05, 0) is 25.1 Å². The zero-order chi connectivity index (χ0) is 14.0. The summed E-state index contributed by atoms with van der Waals surface area (Å²) >= 11 is 3.25. The number of nitrogens with zero attached hydrogens (tertiary/aromatic N) is 1. The van der Waals surface area contributed by atoms with Gasteiger partial charge in [0.15, 0.2) is 0 Å². The van der Waals surface area contributed by atoms with Gasteiger partial charge in [-0.25, -0.2) is 9.59 Å². The molecule has 1 aromatic heterocycles. The average molecular weight is 328 g/mol. The van der Waals surface area contributed by atoms with Crippen LogP contribution in [0.1, 0.15) is 6.92 Å². The van der Waals surface area contributed by atoms with Gasteiger partial charge in [-0.15, -0.1) is 0 Å². The van der Waals surface area contributed by atoms with Gasteiger partial charge in [0.2, 0.25) is 0 Å². The Bertz CT molecular complexity index is 746. The minimum absolute atomic E-state index is 0.214. The molecule has 6 nitrogen and oxygen atoms in total. The fraction of sp³-hybridized carbons (Fsp3) is 0.250. The van der Waals surface area contributed by atoms with E-state index in [1.165, 1.54) is 6.07 Å². The van der Waals surface area contributed by atoms with E-state index < -0.39 is 17.4 Å². The van der Waals surface area contributed by atoms with Gasteiger partial charge in [-0.2, -0.15) is 0 Å². The van der Waals surface area contributed by atoms with Crippen LogP contribution < -0.4 is 11.4 Å². The topological polar surface area (TPSA) is 78.5 Å². The first-order valence-corrected chi connectivity index (χ1v) is 6.31. The van der Waals surface area contributed by atoms with Gasteiger partial charge in [-0.3, -0.25) is 9.36 Å². The molecule has 0 atom stereocenters. The Hall–Kier alpha value is -1.89. The number of hydrogen-bond acceptors (Lipinski definition) is 5. The van der Waals surface area contributed by atoms with Crippen LogP contribution in [0.4, 0.5) is 0 Å². The lowest BCUT2D eigenvalue weighted by atomic mass is 10.2. The highest BCUT2D eigenvalue weighted by molar-refractivity contribution is 9.10. The molecule has 0 bridgehead atoms. The number of ether oxygens (including phenoxy) is 1.